The SMILES string of the molecule is C[C@H](Sc1nnc(-c2ccccc2Cl)n1N)C(=O)N1c2ccccc2C[C@H]1C. The van der Waals surface area contributed by atoms with Crippen molar-refractivity contribution in [1.29, 1.82) is 0 Å². The molecule has 0 fully saturated rings. The van der Waals surface area contributed by atoms with Crippen LogP contribution in [0.4, 0.5) is 5.69 Å². The molecule has 1 amide bonds. The Morgan fingerprint density at radius 1 is 1.21 bits per heavy atom. The van der Waals surface area contributed by atoms with Crippen LogP contribution >= 0.6 is 23.4 Å². The van der Waals surface area contributed by atoms with Crippen LogP contribution in [-0.2, 0) is 11.2 Å². The zero-order chi connectivity index (χ0) is 19.8. The van der Waals surface area contributed by atoms with Gasteiger partial charge in [0, 0.05) is 17.3 Å². The highest BCUT2D eigenvalue weighted by Gasteiger charge is 2.34. The molecule has 0 spiro atoms. The third kappa shape index (κ3) is 3.25. The van der Waals surface area contributed by atoms with Crippen LogP contribution in [0.25, 0.3) is 11.4 Å². The molecular formula is C20H20ClN5OS. The number of hydrogen-bond acceptors (Lipinski definition) is 5. The topological polar surface area (TPSA) is 77.0 Å². The number of amides is 1. The minimum absolute atomic E-state index is 0.0322. The number of rotatable bonds is 4. The minimum Gasteiger partial charge on any atom is -0.335 e. The second-order valence-electron chi connectivity index (χ2n) is 6.81. The number of carbonyl (C=O) groups excluding carboxylic acids is 1. The third-order valence-corrected chi connectivity index (χ3v) is 6.23. The number of nitrogen functional groups attached to an aromatic ring is 1. The van der Waals surface area contributed by atoms with Crippen molar-refractivity contribution >= 4 is 35.0 Å². The standard InChI is InChI=1S/C20H20ClN5OS/c1-12-11-14-7-3-6-10-17(14)25(12)19(27)13(2)28-20-24-23-18(26(20)22)15-8-4-5-9-16(15)21/h3-10,12-13H,11,22H2,1-2H3/t12-,13+/m1/s1. The Balaban J connectivity index is 1.56. The predicted molar refractivity (Wildman–Crippen MR) is 113 cm³/mol. The number of carbonyl (C=O) groups is 1. The van der Waals surface area contributed by atoms with Gasteiger partial charge in [0.2, 0.25) is 11.1 Å². The first-order chi connectivity index (χ1) is 13.5. The molecule has 1 aromatic heterocycles. The maximum atomic E-state index is 13.2. The molecule has 2 atom stereocenters. The molecule has 0 aliphatic carbocycles. The fourth-order valence-electron chi connectivity index (χ4n) is 3.49. The number of hydrogen-bond donors (Lipinski definition) is 1. The lowest BCUT2D eigenvalue weighted by molar-refractivity contribution is -0.118. The summed E-state index contributed by atoms with van der Waals surface area (Å²) in [5, 5.41) is 8.99. The summed E-state index contributed by atoms with van der Waals surface area (Å²) >= 11 is 7.54. The normalized spacial score (nSPS) is 16.8. The highest BCUT2D eigenvalue weighted by Crippen LogP contribution is 2.35. The maximum absolute atomic E-state index is 13.2. The Kier molecular flexibility index (Phi) is 5.03. The molecule has 144 valence electrons. The lowest BCUT2D eigenvalue weighted by atomic mass is 10.1. The van der Waals surface area contributed by atoms with Gasteiger partial charge in [-0.3, -0.25) is 4.79 Å². The van der Waals surface area contributed by atoms with E-state index < -0.39 is 0 Å². The molecule has 3 aromatic rings. The average Bonchev–Trinajstić information content (AvgIpc) is 3.21. The van der Waals surface area contributed by atoms with Crippen LogP contribution in [0, 0.1) is 0 Å². The zero-order valence-electron chi connectivity index (χ0n) is 15.5. The number of fused-ring (bicyclic) bond motifs is 1. The maximum Gasteiger partial charge on any atom is 0.240 e. The number of nitrogens with two attached hydrogens (primary N) is 1. The number of benzene rings is 2. The minimum atomic E-state index is -0.362. The highest BCUT2D eigenvalue weighted by molar-refractivity contribution is 8.00. The smallest absolute Gasteiger partial charge is 0.240 e. The molecule has 2 aromatic carbocycles. The summed E-state index contributed by atoms with van der Waals surface area (Å²) in [5.41, 5.74) is 2.88. The van der Waals surface area contributed by atoms with Crippen LogP contribution < -0.4 is 10.7 Å². The zero-order valence-corrected chi connectivity index (χ0v) is 17.1. The van der Waals surface area contributed by atoms with Crippen LogP contribution in [0.2, 0.25) is 5.02 Å². The van der Waals surface area contributed by atoms with E-state index in [4.69, 9.17) is 17.4 Å². The summed E-state index contributed by atoms with van der Waals surface area (Å²) in [6, 6.07) is 15.5. The molecule has 8 heteroatoms. The van der Waals surface area contributed by atoms with Crippen LogP contribution in [0.15, 0.2) is 53.7 Å². The largest absolute Gasteiger partial charge is 0.335 e. The fraction of sp³-hybridized carbons (Fsp3) is 0.250. The van der Waals surface area contributed by atoms with Crippen molar-refractivity contribution in [2.24, 2.45) is 0 Å². The summed E-state index contributed by atoms with van der Waals surface area (Å²) in [5.74, 6) is 6.69. The highest BCUT2D eigenvalue weighted by atomic mass is 35.5. The van der Waals surface area contributed by atoms with Gasteiger partial charge < -0.3 is 10.7 Å². The van der Waals surface area contributed by atoms with Gasteiger partial charge in [-0.05, 0) is 44.0 Å². The van der Waals surface area contributed by atoms with E-state index in [1.165, 1.54) is 22.0 Å². The number of para-hydroxylation sites is 1. The van der Waals surface area contributed by atoms with Gasteiger partial charge in [-0.2, -0.15) is 0 Å². The number of anilines is 1. The Labute approximate surface area is 172 Å². The van der Waals surface area contributed by atoms with E-state index in [1.54, 1.807) is 6.07 Å². The molecule has 4 rings (SSSR count). The van der Waals surface area contributed by atoms with Crippen molar-refractivity contribution in [2.45, 2.75) is 36.7 Å². The van der Waals surface area contributed by atoms with E-state index in [1.807, 2.05) is 48.2 Å². The number of thioether (sulfide) groups is 1. The van der Waals surface area contributed by atoms with Crippen molar-refractivity contribution in [2.75, 3.05) is 10.7 Å². The van der Waals surface area contributed by atoms with Crippen LogP contribution in [0.5, 0.6) is 0 Å². The van der Waals surface area contributed by atoms with E-state index in [0.717, 1.165) is 12.1 Å². The molecule has 2 N–H and O–H groups in total. The van der Waals surface area contributed by atoms with Crippen molar-refractivity contribution in [3.63, 3.8) is 0 Å². The molecular weight excluding hydrogens is 394 g/mol. The van der Waals surface area contributed by atoms with Gasteiger partial charge in [0.25, 0.3) is 0 Å². The van der Waals surface area contributed by atoms with Crippen molar-refractivity contribution < 1.29 is 4.79 Å². The summed E-state index contributed by atoms with van der Waals surface area (Å²) < 4.78 is 1.39. The molecule has 6 nitrogen and oxygen atoms in total. The Bertz CT molecular complexity index is 1040. The molecule has 0 unspecified atom stereocenters. The monoisotopic (exact) mass is 413 g/mol. The van der Waals surface area contributed by atoms with Gasteiger partial charge in [0.15, 0.2) is 5.82 Å². The van der Waals surface area contributed by atoms with E-state index in [2.05, 4.69) is 23.2 Å². The summed E-state index contributed by atoms with van der Waals surface area (Å²) in [7, 11) is 0. The molecule has 0 saturated heterocycles. The first-order valence-corrected chi connectivity index (χ1v) is 10.3. The molecule has 0 bridgehead atoms. The van der Waals surface area contributed by atoms with E-state index in [9.17, 15) is 4.79 Å². The Morgan fingerprint density at radius 2 is 1.93 bits per heavy atom. The first kappa shape index (κ1) is 18.8. The molecule has 0 saturated carbocycles. The quantitative estimate of drug-likeness (QED) is 0.520. The van der Waals surface area contributed by atoms with Crippen LogP contribution in [-0.4, -0.2) is 32.1 Å². The van der Waals surface area contributed by atoms with E-state index in [-0.39, 0.29) is 17.2 Å². The van der Waals surface area contributed by atoms with E-state index >= 15 is 0 Å². The van der Waals surface area contributed by atoms with Gasteiger partial charge in [-0.1, -0.05) is 53.7 Å². The number of aromatic nitrogens is 3. The predicted octanol–water partition coefficient (Wildman–Crippen LogP) is 3.77. The van der Waals surface area contributed by atoms with Gasteiger partial charge >= 0.3 is 0 Å². The van der Waals surface area contributed by atoms with Crippen LogP contribution in [0.3, 0.4) is 0 Å². The molecule has 28 heavy (non-hydrogen) atoms. The van der Waals surface area contributed by atoms with Crippen molar-refractivity contribution in [3.05, 3.63) is 59.1 Å². The van der Waals surface area contributed by atoms with Gasteiger partial charge in [-0.15, -0.1) is 10.2 Å². The number of halogens is 1. The van der Waals surface area contributed by atoms with Crippen molar-refractivity contribution in [1.82, 2.24) is 14.9 Å². The summed E-state index contributed by atoms with van der Waals surface area (Å²) in [4.78, 5) is 15.0. The fourth-order valence-corrected chi connectivity index (χ4v) is 4.53. The van der Waals surface area contributed by atoms with E-state index in [0.29, 0.717) is 21.6 Å². The summed E-state index contributed by atoms with van der Waals surface area (Å²) in [6.45, 7) is 3.93. The van der Waals surface area contributed by atoms with Gasteiger partial charge in [0.1, 0.15) is 0 Å². The number of nitrogens with zero attached hydrogens (tertiary/aromatic N) is 4. The molecule has 1 aliphatic rings. The van der Waals surface area contributed by atoms with Crippen molar-refractivity contribution in [3.8, 4) is 11.4 Å². The third-order valence-electron chi connectivity index (χ3n) is 4.85. The van der Waals surface area contributed by atoms with Gasteiger partial charge in [0.05, 0.1) is 10.3 Å². The average molecular weight is 414 g/mol. The first-order valence-electron chi connectivity index (χ1n) is 9.00. The second kappa shape index (κ2) is 7.48. The molecule has 0 radical (unpaired) electrons. The summed E-state index contributed by atoms with van der Waals surface area (Å²) in [6.07, 6.45) is 0.864. The second-order valence-corrected chi connectivity index (χ2v) is 8.52. The van der Waals surface area contributed by atoms with Crippen LogP contribution in [0.1, 0.15) is 19.4 Å². The lowest BCUT2D eigenvalue weighted by Crippen LogP contribution is -2.40. The lowest BCUT2D eigenvalue weighted by Gasteiger charge is -2.25. The molecule has 2 heterocycles. The molecule has 1 aliphatic heterocycles. The Hall–Kier alpha value is -2.51. The van der Waals surface area contributed by atoms with Gasteiger partial charge in [-0.25, -0.2) is 4.68 Å². The Morgan fingerprint density at radius 3 is 2.71 bits per heavy atom.